The van der Waals surface area contributed by atoms with E-state index in [0.717, 1.165) is 26.9 Å². The fourth-order valence-corrected chi connectivity index (χ4v) is 2.93. The monoisotopic (exact) mass is 369 g/mol. The van der Waals surface area contributed by atoms with Crippen molar-refractivity contribution in [1.82, 2.24) is 0 Å². The van der Waals surface area contributed by atoms with Gasteiger partial charge in [0.2, 0.25) is 0 Å². The van der Waals surface area contributed by atoms with E-state index in [9.17, 15) is 14.9 Å². The van der Waals surface area contributed by atoms with Crippen molar-refractivity contribution in [2.75, 3.05) is 0 Å². The molecule has 0 saturated carbocycles. The van der Waals surface area contributed by atoms with Crippen molar-refractivity contribution in [3.8, 4) is 10.8 Å². The third-order valence-corrected chi connectivity index (χ3v) is 5.20. The second-order valence-corrected chi connectivity index (χ2v) is 6.38. The molecule has 0 spiro atoms. The smallest absolute Gasteiger partial charge is 0.323 e. The molecule has 0 aliphatic heterocycles. The van der Waals surface area contributed by atoms with Gasteiger partial charge in [-0.3, -0.25) is 14.9 Å². The van der Waals surface area contributed by atoms with Crippen molar-refractivity contribution in [1.29, 1.82) is 0 Å². The quantitative estimate of drug-likeness (QED) is 0.430. The Bertz CT molecular complexity index is 716. The van der Waals surface area contributed by atoms with Gasteiger partial charge in [0, 0.05) is 10.5 Å². The van der Waals surface area contributed by atoms with Crippen LogP contribution in [-0.2, 0) is 0 Å². The Morgan fingerprint density at radius 2 is 1.86 bits per heavy atom. The Kier molecular flexibility index (Phi) is 4.43. The van der Waals surface area contributed by atoms with Gasteiger partial charge in [0.15, 0.2) is 5.78 Å². The van der Waals surface area contributed by atoms with Crippen molar-refractivity contribution < 1.29 is 14.5 Å². The molecule has 1 aromatic carbocycles. The van der Waals surface area contributed by atoms with Gasteiger partial charge >= 0.3 is 5.69 Å². The van der Waals surface area contributed by atoms with Gasteiger partial charge in [-0.25, -0.2) is 0 Å². The predicted octanol–water partition coefficient (Wildman–Crippen LogP) is 5.03. The first-order valence-corrected chi connectivity index (χ1v) is 7.64. The molecule has 0 aliphatic carbocycles. The van der Waals surface area contributed by atoms with Gasteiger partial charge in [-0.1, -0.05) is 27.3 Å². The summed E-state index contributed by atoms with van der Waals surface area (Å²) >= 11 is 4.44. The molecule has 7 heteroatoms. The zero-order valence-electron chi connectivity index (χ0n) is 11.6. The van der Waals surface area contributed by atoms with Gasteiger partial charge in [-0.15, -0.1) is 0 Å². The van der Waals surface area contributed by atoms with E-state index in [1.807, 2.05) is 13.8 Å². The van der Waals surface area contributed by atoms with Crippen LogP contribution in [0.3, 0.4) is 0 Å². The predicted molar refractivity (Wildman–Crippen MR) is 84.7 cm³/mol. The van der Waals surface area contributed by atoms with Crippen LogP contribution in [0.1, 0.15) is 27.7 Å². The summed E-state index contributed by atoms with van der Waals surface area (Å²) in [6.45, 7) is 5.19. The first kappa shape index (κ1) is 15.7. The lowest BCUT2D eigenvalue weighted by Gasteiger charge is -2.08. The second-order valence-electron chi connectivity index (χ2n) is 4.57. The molecule has 0 unspecified atom stereocenters. The standard InChI is InChI=1S/C14H12BrNO4S/c1-7-4-10(5-8(2)13(7)15)20-14-11(16(18)19)6-12(21-14)9(3)17/h4-6H,1-3H3. The molecule has 0 atom stereocenters. The molecule has 2 rings (SSSR count). The van der Waals surface area contributed by atoms with E-state index in [-0.39, 0.29) is 16.5 Å². The Hall–Kier alpha value is -1.73. The minimum atomic E-state index is -0.545. The molecule has 1 aromatic heterocycles. The molecule has 0 bridgehead atoms. The maximum Gasteiger partial charge on any atom is 0.323 e. The average Bonchev–Trinajstić information content (AvgIpc) is 2.80. The summed E-state index contributed by atoms with van der Waals surface area (Å²) in [6.07, 6.45) is 0. The van der Waals surface area contributed by atoms with E-state index in [1.54, 1.807) is 12.1 Å². The molecule has 110 valence electrons. The number of aryl methyl sites for hydroxylation is 2. The number of ether oxygens (including phenoxy) is 1. The third kappa shape index (κ3) is 3.30. The highest BCUT2D eigenvalue weighted by molar-refractivity contribution is 9.10. The van der Waals surface area contributed by atoms with Gasteiger partial charge in [0.1, 0.15) is 5.75 Å². The van der Waals surface area contributed by atoms with E-state index in [0.29, 0.717) is 10.6 Å². The zero-order chi connectivity index (χ0) is 15.7. The van der Waals surface area contributed by atoms with Crippen LogP contribution in [0.5, 0.6) is 10.8 Å². The minimum absolute atomic E-state index is 0.117. The Morgan fingerprint density at radius 3 is 2.33 bits per heavy atom. The first-order chi connectivity index (χ1) is 9.79. The van der Waals surface area contributed by atoms with E-state index in [4.69, 9.17) is 4.74 Å². The number of halogens is 1. The van der Waals surface area contributed by atoms with Crippen LogP contribution < -0.4 is 4.74 Å². The van der Waals surface area contributed by atoms with E-state index >= 15 is 0 Å². The number of hydrogen-bond acceptors (Lipinski definition) is 5. The van der Waals surface area contributed by atoms with Crippen LogP contribution >= 0.6 is 27.3 Å². The molecule has 21 heavy (non-hydrogen) atoms. The largest absolute Gasteiger partial charge is 0.440 e. The van der Waals surface area contributed by atoms with E-state index in [2.05, 4.69) is 15.9 Å². The van der Waals surface area contributed by atoms with Crippen LogP contribution in [0.2, 0.25) is 0 Å². The Labute approximate surface area is 133 Å². The number of ketones is 1. The number of carbonyl (C=O) groups is 1. The maximum atomic E-state index is 11.4. The lowest BCUT2D eigenvalue weighted by atomic mass is 10.1. The van der Waals surface area contributed by atoms with Gasteiger partial charge in [0.25, 0.3) is 5.06 Å². The second kappa shape index (κ2) is 5.95. The summed E-state index contributed by atoms with van der Waals surface area (Å²) in [5.74, 6) is 0.286. The highest BCUT2D eigenvalue weighted by atomic mass is 79.9. The molecule has 1 heterocycles. The number of thiophene rings is 1. The summed E-state index contributed by atoms with van der Waals surface area (Å²) in [4.78, 5) is 22.2. The Morgan fingerprint density at radius 1 is 1.29 bits per heavy atom. The molecule has 5 nitrogen and oxygen atoms in total. The van der Waals surface area contributed by atoms with Gasteiger partial charge in [-0.2, -0.15) is 0 Å². The summed E-state index contributed by atoms with van der Waals surface area (Å²) in [5, 5.41) is 11.2. The number of nitro groups is 1. The van der Waals surface area contributed by atoms with Gasteiger partial charge in [0.05, 0.1) is 9.80 Å². The number of hydrogen-bond donors (Lipinski definition) is 0. The molecule has 0 radical (unpaired) electrons. The number of carbonyl (C=O) groups excluding carboxylic acids is 1. The summed E-state index contributed by atoms with van der Waals surface area (Å²) in [5.41, 5.74) is 1.75. The molecule has 0 N–H and O–H groups in total. The number of nitrogens with zero attached hydrogens (tertiary/aromatic N) is 1. The van der Waals surface area contributed by atoms with Crippen LogP contribution in [-0.4, -0.2) is 10.7 Å². The van der Waals surface area contributed by atoms with Crippen molar-refractivity contribution in [3.63, 3.8) is 0 Å². The lowest BCUT2D eigenvalue weighted by molar-refractivity contribution is -0.385. The fourth-order valence-electron chi connectivity index (χ4n) is 1.81. The third-order valence-electron chi connectivity index (χ3n) is 2.84. The summed E-state index contributed by atoms with van der Waals surface area (Å²) in [6, 6.07) is 4.82. The highest BCUT2D eigenvalue weighted by Gasteiger charge is 2.23. The number of Topliss-reactive ketones (excluding diaryl/α,β-unsaturated/α-hetero) is 1. The number of benzene rings is 1. The van der Waals surface area contributed by atoms with Crippen molar-refractivity contribution in [3.05, 3.63) is 48.8 Å². The summed E-state index contributed by atoms with van der Waals surface area (Å²) in [7, 11) is 0. The fraction of sp³-hybridized carbons (Fsp3) is 0.214. The molecular formula is C14H12BrNO4S. The van der Waals surface area contributed by atoms with Crippen molar-refractivity contribution in [2.24, 2.45) is 0 Å². The maximum absolute atomic E-state index is 11.4. The topological polar surface area (TPSA) is 69.4 Å². The lowest BCUT2D eigenvalue weighted by Crippen LogP contribution is -1.91. The van der Waals surface area contributed by atoms with E-state index < -0.39 is 4.92 Å². The van der Waals surface area contributed by atoms with Gasteiger partial charge in [-0.05, 0) is 44.0 Å². The molecular weight excluding hydrogens is 358 g/mol. The van der Waals surface area contributed by atoms with Crippen LogP contribution in [0.4, 0.5) is 5.69 Å². The normalized spacial score (nSPS) is 10.5. The molecule has 0 saturated heterocycles. The summed E-state index contributed by atoms with van der Waals surface area (Å²) < 4.78 is 6.59. The molecule has 0 amide bonds. The SMILES string of the molecule is CC(=O)c1cc([N+](=O)[O-])c(Oc2cc(C)c(Br)c(C)c2)s1. The van der Waals surface area contributed by atoms with Crippen molar-refractivity contribution in [2.45, 2.75) is 20.8 Å². The van der Waals surface area contributed by atoms with Crippen LogP contribution in [0.15, 0.2) is 22.7 Å². The number of rotatable bonds is 4. The Balaban J connectivity index is 2.43. The van der Waals surface area contributed by atoms with Gasteiger partial charge < -0.3 is 4.74 Å². The van der Waals surface area contributed by atoms with E-state index in [1.165, 1.54) is 13.0 Å². The van der Waals surface area contributed by atoms with Crippen LogP contribution in [0, 0.1) is 24.0 Å². The van der Waals surface area contributed by atoms with Crippen LogP contribution in [0.25, 0.3) is 0 Å². The molecule has 0 fully saturated rings. The zero-order valence-corrected chi connectivity index (χ0v) is 14.0. The van der Waals surface area contributed by atoms with Crippen molar-refractivity contribution >= 4 is 38.7 Å². The first-order valence-electron chi connectivity index (χ1n) is 6.03. The minimum Gasteiger partial charge on any atom is -0.440 e. The average molecular weight is 370 g/mol. The molecule has 2 aromatic rings. The molecule has 0 aliphatic rings. The highest BCUT2D eigenvalue weighted by Crippen LogP contribution is 2.40.